The monoisotopic (exact) mass is 426 g/mol. The summed E-state index contributed by atoms with van der Waals surface area (Å²) in [6, 6.07) is 16.4. The average Bonchev–Trinajstić information content (AvgIpc) is 3.16. The second kappa shape index (κ2) is 8.02. The molecule has 4 rings (SSSR count). The number of nitrogens with one attached hydrogen (secondary N) is 1. The van der Waals surface area contributed by atoms with Gasteiger partial charge in [-0.05, 0) is 29.8 Å². The molecule has 0 saturated carbocycles. The van der Waals surface area contributed by atoms with Crippen molar-refractivity contribution in [2.75, 3.05) is 12.4 Å². The number of hydrogen-bond donors (Lipinski definition) is 1. The van der Waals surface area contributed by atoms with Crippen LogP contribution in [-0.2, 0) is 11.3 Å². The van der Waals surface area contributed by atoms with Crippen LogP contribution in [0.15, 0.2) is 59.4 Å². The molecule has 2 aromatic heterocycles. The Bertz CT molecular complexity index is 1250. The van der Waals surface area contributed by atoms with Crippen LogP contribution in [0.1, 0.15) is 0 Å². The summed E-state index contributed by atoms with van der Waals surface area (Å²) in [4.78, 5) is 26.6. The Morgan fingerprint density at radius 1 is 1.21 bits per heavy atom. The van der Waals surface area contributed by atoms with Gasteiger partial charge in [0.15, 0.2) is 4.83 Å². The lowest BCUT2D eigenvalue weighted by molar-refractivity contribution is -0.117. The Balaban J connectivity index is 1.56. The number of rotatable bonds is 5. The Morgan fingerprint density at radius 3 is 2.72 bits per heavy atom. The number of hydrogen-bond acceptors (Lipinski definition) is 6. The smallest absolute Gasteiger partial charge is 0.279 e. The molecule has 0 saturated heterocycles. The fourth-order valence-corrected chi connectivity index (χ4v) is 4.04. The normalized spacial score (nSPS) is 10.8. The highest BCUT2D eigenvalue weighted by Crippen LogP contribution is 2.30. The number of fused-ring (bicyclic) bond motifs is 1. The molecule has 0 aliphatic rings. The van der Waals surface area contributed by atoms with Gasteiger partial charge in [-0.1, -0.05) is 47.1 Å². The van der Waals surface area contributed by atoms with Crippen molar-refractivity contribution in [3.63, 3.8) is 0 Å². The van der Waals surface area contributed by atoms with E-state index in [1.54, 1.807) is 24.3 Å². The third-order valence-corrected chi connectivity index (χ3v) is 5.57. The number of nitrogens with zero attached hydrogens (tertiary/aromatic N) is 3. The number of carbonyl (C=O) groups excluding carboxylic acids is 1. The summed E-state index contributed by atoms with van der Waals surface area (Å²) in [6.07, 6.45) is 0. The highest BCUT2D eigenvalue weighted by Gasteiger charge is 2.14. The van der Waals surface area contributed by atoms with Gasteiger partial charge in [0, 0.05) is 10.6 Å². The lowest BCUT2D eigenvalue weighted by atomic mass is 10.2. The van der Waals surface area contributed by atoms with Gasteiger partial charge >= 0.3 is 0 Å². The summed E-state index contributed by atoms with van der Waals surface area (Å²) in [7, 11) is 1.51. The molecule has 4 aromatic rings. The second-order valence-electron chi connectivity index (χ2n) is 6.15. The molecule has 29 heavy (non-hydrogen) atoms. The molecule has 7 nitrogen and oxygen atoms in total. The number of methoxy groups -OCH3 is 1. The van der Waals surface area contributed by atoms with Crippen molar-refractivity contribution in [1.29, 1.82) is 0 Å². The minimum atomic E-state index is -0.416. The lowest BCUT2D eigenvalue weighted by Gasteiger charge is -2.08. The number of anilines is 1. The number of halogens is 1. The van der Waals surface area contributed by atoms with Crippen LogP contribution in [0.5, 0.6) is 5.75 Å². The summed E-state index contributed by atoms with van der Waals surface area (Å²) in [5.74, 6) is 0.0874. The summed E-state index contributed by atoms with van der Waals surface area (Å²) in [5, 5.41) is 11.5. The summed E-state index contributed by atoms with van der Waals surface area (Å²) >= 11 is 7.45. The first-order valence-electron chi connectivity index (χ1n) is 8.61. The molecule has 0 spiro atoms. The first-order chi connectivity index (χ1) is 14.0. The van der Waals surface area contributed by atoms with Crippen LogP contribution in [0.4, 0.5) is 5.69 Å². The van der Waals surface area contributed by atoms with E-state index in [1.807, 2.05) is 30.3 Å². The van der Waals surface area contributed by atoms with Gasteiger partial charge in [0.2, 0.25) is 5.91 Å². The lowest BCUT2D eigenvalue weighted by Crippen LogP contribution is -2.30. The minimum Gasteiger partial charge on any atom is -0.495 e. The van der Waals surface area contributed by atoms with Crippen molar-refractivity contribution in [3.05, 3.63) is 70.0 Å². The molecule has 0 bridgehead atoms. The summed E-state index contributed by atoms with van der Waals surface area (Å²) in [6.45, 7) is -0.262. The highest BCUT2D eigenvalue weighted by molar-refractivity contribution is 7.21. The fraction of sp³-hybridized carbons (Fsp3) is 0.100. The van der Waals surface area contributed by atoms with Gasteiger partial charge in [-0.2, -0.15) is 0 Å². The van der Waals surface area contributed by atoms with E-state index in [4.69, 9.17) is 16.3 Å². The Labute approximate surface area is 174 Å². The van der Waals surface area contributed by atoms with E-state index in [0.717, 1.165) is 15.1 Å². The van der Waals surface area contributed by atoms with Gasteiger partial charge in [0.05, 0.1) is 17.5 Å². The van der Waals surface area contributed by atoms with E-state index in [2.05, 4.69) is 15.6 Å². The standard InChI is InChI=1S/C20H15ClN4O3S/c1-28-16-8-7-13(9-15(16)21)22-18(26)11-25-20(27)14-10-17(29-19(14)23-24-25)12-5-3-2-4-6-12/h2-10H,11H2,1H3,(H,22,26). The molecule has 0 unspecified atom stereocenters. The predicted octanol–water partition coefficient (Wildman–Crippen LogP) is 3.82. The van der Waals surface area contributed by atoms with E-state index in [-0.39, 0.29) is 12.1 Å². The van der Waals surface area contributed by atoms with Gasteiger partial charge in [-0.25, -0.2) is 4.68 Å². The molecular formula is C20H15ClN4O3S. The van der Waals surface area contributed by atoms with Crippen molar-refractivity contribution < 1.29 is 9.53 Å². The number of thiophene rings is 1. The van der Waals surface area contributed by atoms with E-state index in [1.165, 1.54) is 18.4 Å². The van der Waals surface area contributed by atoms with Crippen LogP contribution in [0.3, 0.4) is 0 Å². The Morgan fingerprint density at radius 2 is 2.00 bits per heavy atom. The van der Waals surface area contributed by atoms with E-state index in [0.29, 0.717) is 26.7 Å². The molecule has 2 heterocycles. The maximum Gasteiger partial charge on any atom is 0.279 e. The van der Waals surface area contributed by atoms with Crippen LogP contribution in [0.25, 0.3) is 20.7 Å². The van der Waals surface area contributed by atoms with Gasteiger partial charge in [0.25, 0.3) is 5.56 Å². The topological polar surface area (TPSA) is 86.1 Å². The zero-order valence-corrected chi connectivity index (χ0v) is 16.8. The minimum absolute atomic E-state index is 0.262. The first kappa shape index (κ1) is 19.1. The van der Waals surface area contributed by atoms with E-state index < -0.39 is 5.91 Å². The van der Waals surface area contributed by atoms with Gasteiger partial charge in [-0.15, -0.1) is 16.4 Å². The van der Waals surface area contributed by atoms with Crippen molar-refractivity contribution in [2.45, 2.75) is 6.54 Å². The van der Waals surface area contributed by atoms with Crippen LogP contribution >= 0.6 is 22.9 Å². The third kappa shape index (κ3) is 3.98. The fourth-order valence-electron chi connectivity index (χ4n) is 2.81. The van der Waals surface area contributed by atoms with E-state index in [9.17, 15) is 9.59 Å². The van der Waals surface area contributed by atoms with Crippen LogP contribution < -0.4 is 15.6 Å². The first-order valence-corrected chi connectivity index (χ1v) is 9.81. The molecular weight excluding hydrogens is 412 g/mol. The Kier molecular flexibility index (Phi) is 5.28. The van der Waals surface area contributed by atoms with Gasteiger partial charge < -0.3 is 10.1 Å². The summed E-state index contributed by atoms with van der Waals surface area (Å²) < 4.78 is 6.13. The highest BCUT2D eigenvalue weighted by atomic mass is 35.5. The van der Waals surface area contributed by atoms with Crippen molar-refractivity contribution in [2.24, 2.45) is 0 Å². The molecule has 9 heteroatoms. The molecule has 0 aliphatic heterocycles. The van der Waals surface area contributed by atoms with Crippen LogP contribution in [0, 0.1) is 0 Å². The molecule has 146 valence electrons. The largest absolute Gasteiger partial charge is 0.495 e. The number of amides is 1. The van der Waals surface area contributed by atoms with E-state index >= 15 is 0 Å². The summed E-state index contributed by atoms with van der Waals surface area (Å²) in [5.41, 5.74) is 1.12. The maximum absolute atomic E-state index is 12.7. The molecule has 1 N–H and O–H groups in total. The average molecular weight is 427 g/mol. The second-order valence-corrected chi connectivity index (χ2v) is 7.58. The number of aromatic nitrogens is 3. The number of benzene rings is 2. The van der Waals surface area contributed by atoms with Crippen LogP contribution in [-0.4, -0.2) is 28.0 Å². The zero-order valence-electron chi connectivity index (χ0n) is 15.3. The number of ether oxygens (including phenoxy) is 1. The molecule has 1 amide bonds. The number of carbonyl (C=O) groups is 1. The van der Waals surface area contributed by atoms with Gasteiger partial charge in [-0.3, -0.25) is 9.59 Å². The van der Waals surface area contributed by atoms with Crippen molar-refractivity contribution in [1.82, 2.24) is 15.0 Å². The Hall–Kier alpha value is -3.23. The van der Waals surface area contributed by atoms with Crippen molar-refractivity contribution in [3.8, 4) is 16.2 Å². The molecule has 0 radical (unpaired) electrons. The molecule has 0 aliphatic carbocycles. The third-order valence-electron chi connectivity index (χ3n) is 4.21. The predicted molar refractivity (Wildman–Crippen MR) is 114 cm³/mol. The van der Waals surface area contributed by atoms with Crippen LogP contribution in [0.2, 0.25) is 5.02 Å². The molecule has 0 fully saturated rings. The SMILES string of the molecule is COc1ccc(NC(=O)Cn2nnc3sc(-c4ccccc4)cc3c2=O)cc1Cl. The molecule has 2 aromatic carbocycles. The van der Waals surface area contributed by atoms with Gasteiger partial charge in [0.1, 0.15) is 12.3 Å². The quantitative estimate of drug-likeness (QED) is 0.524. The zero-order chi connectivity index (χ0) is 20.4. The maximum atomic E-state index is 12.7. The van der Waals surface area contributed by atoms with Crippen molar-refractivity contribution >= 4 is 44.7 Å². The molecule has 0 atom stereocenters.